The van der Waals surface area contributed by atoms with E-state index < -0.39 is 0 Å². The molecule has 3 nitrogen and oxygen atoms in total. The molecule has 0 aliphatic carbocycles. The summed E-state index contributed by atoms with van der Waals surface area (Å²) >= 11 is 0. The van der Waals surface area contributed by atoms with Gasteiger partial charge in [0.15, 0.2) is 11.5 Å². The summed E-state index contributed by atoms with van der Waals surface area (Å²) in [5, 5.41) is 0. The Hall–Kier alpha value is -1.22. The van der Waals surface area contributed by atoms with Gasteiger partial charge in [-0.1, -0.05) is 19.9 Å². The number of methoxy groups -OCH3 is 2. The zero-order chi connectivity index (χ0) is 12.7. The van der Waals surface area contributed by atoms with Crippen molar-refractivity contribution in [3.05, 3.63) is 23.8 Å². The second-order valence-corrected chi connectivity index (χ2v) is 4.06. The van der Waals surface area contributed by atoms with E-state index >= 15 is 0 Å². The highest BCUT2D eigenvalue weighted by molar-refractivity contribution is 5.42. The summed E-state index contributed by atoms with van der Waals surface area (Å²) in [5.74, 6) is 1.59. The van der Waals surface area contributed by atoms with Gasteiger partial charge < -0.3 is 9.47 Å². The van der Waals surface area contributed by atoms with Crippen LogP contribution in [0.2, 0.25) is 0 Å². The first-order valence-corrected chi connectivity index (χ1v) is 6.18. The van der Waals surface area contributed by atoms with Crippen LogP contribution >= 0.6 is 0 Å². The Labute approximate surface area is 104 Å². The van der Waals surface area contributed by atoms with Gasteiger partial charge in [0.25, 0.3) is 0 Å². The average Bonchev–Trinajstić information content (AvgIpc) is 2.38. The molecule has 0 radical (unpaired) electrons. The fourth-order valence-electron chi connectivity index (χ4n) is 1.90. The number of rotatable bonds is 7. The fraction of sp³-hybridized carbons (Fsp3) is 0.571. The molecule has 0 heterocycles. The van der Waals surface area contributed by atoms with E-state index in [1.807, 2.05) is 6.07 Å². The Morgan fingerprint density at radius 2 is 1.76 bits per heavy atom. The maximum Gasteiger partial charge on any atom is 0.161 e. The van der Waals surface area contributed by atoms with Crippen molar-refractivity contribution in [1.29, 1.82) is 0 Å². The lowest BCUT2D eigenvalue weighted by atomic mass is 10.2. The van der Waals surface area contributed by atoms with Gasteiger partial charge in [-0.05, 0) is 37.2 Å². The van der Waals surface area contributed by atoms with Gasteiger partial charge in [0.2, 0.25) is 0 Å². The number of hydrogen-bond acceptors (Lipinski definition) is 3. The summed E-state index contributed by atoms with van der Waals surface area (Å²) in [6.45, 7) is 7.56. The molecule has 0 unspecified atom stereocenters. The van der Waals surface area contributed by atoms with Crippen molar-refractivity contribution in [2.75, 3.05) is 27.3 Å². The van der Waals surface area contributed by atoms with Crippen molar-refractivity contribution in [2.24, 2.45) is 0 Å². The van der Waals surface area contributed by atoms with E-state index in [4.69, 9.17) is 9.47 Å². The molecular formula is C14H23NO2. The lowest BCUT2D eigenvalue weighted by molar-refractivity contribution is 0.279. The molecule has 0 spiro atoms. The first kappa shape index (κ1) is 13.8. The Kier molecular flexibility index (Phi) is 5.84. The van der Waals surface area contributed by atoms with E-state index in [1.165, 1.54) is 12.0 Å². The Morgan fingerprint density at radius 3 is 2.29 bits per heavy atom. The number of benzene rings is 1. The minimum Gasteiger partial charge on any atom is -0.493 e. The normalized spacial score (nSPS) is 10.6. The van der Waals surface area contributed by atoms with Gasteiger partial charge in [-0.15, -0.1) is 0 Å². The first-order valence-electron chi connectivity index (χ1n) is 6.18. The van der Waals surface area contributed by atoms with Crippen LogP contribution in [0.5, 0.6) is 11.5 Å². The number of ether oxygens (including phenoxy) is 2. The van der Waals surface area contributed by atoms with Crippen LogP contribution in [0.1, 0.15) is 25.8 Å². The largest absolute Gasteiger partial charge is 0.493 e. The lowest BCUT2D eigenvalue weighted by Gasteiger charge is -2.20. The van der Waals surface area contributed by atoms with Crippen LogP contribution in [0.3, 0.4) is 0 Å². The van der Waals surface area contributed by atoms with E-state index in [0.29, 0.717) is 0 Å². The SMILES string of the molecule is CCCN(CC)Cc1ccc(OC)c(OC)c1. The van der Waals surface area contributed by atoms with Gasteiger partial charge in [0.05, 0.1) is 14.2 Å². The molecule has 0 N–H and O–H groups in total. The molecule has 0 atom stereocenters. The van der Waals surface area contributed by atoms with Gasteiger partial charge in [0.1, 0.15) is 0 Å². The third kappa shape index (κ3) is 3.93. The average molecular weight is 237 g/mol. The van der Waals surface area contributed by atoms with Gasteiger partial charge in [-0.2, -0.15) is 0 Å². The predicted octanol–water partition coefficient (Wildman–Crippen LogP) is 2.94. The predicted molar refractivity (Wildman–Crippen MR) is 70.8 cm³/mol. The summed E-state index contributed by atoms with van der Waals surface area (Å²) in [6.07, 6.45) is 1.18. The molecule has 1 aromatic carbocycles. The van der Waals surface area contributed by atoms with Crippen molar-refractivity contribution >= 4 is 0 Å². The monoisotopic (exact) mass is 237 g/mol. The van der Waals surface area contributed by atoms with E-state index in [2.05, 4.69) is 30.9 Å². The van der Waals surface area contributed by atoms with Crippen molar-refractivity contribution in [1.82, 2.24) is 4.90 Å². The topological polar surface area (TPSA) is 21.7 Å². The van der Waals surface area contributed by atoms with Gasteiger partial charge in [-0.3, -0.25) is 4.90 Å². The second-order valence-electron chi connectivity index (χ2n) is 4.06. The summed E-state index contributed by atoms with van der Waals surface area (Å²) in [6, 6.07) is 6.12. The van der Waals surface area contributed by atoms with E-state index in [-0.39, 0.29) is 0 Å². The number of hydrogen-bond donors (Lipinski definition) is 0. The van der Waals surface area contributed by atoms with Crippen molar-refractivity contribution < 1.29 is 9.47 Å². The van der Waals surface area contributed by atoms with Crippen LogP contribution in [0.15, 0.2) is 18.2 Å². The molecule has 17 heavy (non-hydrogen) atoms. The Bertz CT molecular complexity index is 339. The van der Waals surface area contributed by atoms with Crippen LogP contribution in [-0.4, -0.2) is 32.2 Å². The van der Waals surface area contributed by atoms with Gasteiger partial charge >= 0.3 is 0 Å². The maximum absolute atomic E-state index is 5.31. The molecule has 96 valence electrons. The van der Waals surface area contributed by atoms with Crippen molar-refractivity contribution in [3.8, 4) is 11.5 Å². The highest BCUT2D eigenvalue weighted by atomic mass is 16.5. The Morgan fingerprint density at radius 1 is 1.06 bits per heavy atom. The van der Waals surface area contributed by atoms with Crippen LogP contribution in [-0.2, 0) is 6.54 Å². The smallest absolute Gasteiger partial charge is 0.161 e. The second kappa shape index (κ2) is 7.17. The molecular weight excluding hydrogens is 214 g/mol. The van der Waals surface area contributed by atoms with Gasteiger partial charge in [-0.25, -0.2) is 0 Å². The zero-order valence-electron chi connectivity index (χ0n) is 11.3. The molecule has 0 aromatic heterocycles. The highest BCUT2D eigenvalue weighted by Crippen LogP contribution is 2.27. The minimum absolute atomic E-state index is 0.787. The van der Waals surface area contributed by atoms with Crippen LogP contribution in [0.4, 0.5) is 0 Å². The molecule has 0 aliphatic rings. The summed E-state index contributed by atoms with van der Waals surface area (Å²) in [7, 11) is 3.33. The molecule has 0 bridgehead atoms. The van der Waals surface area contributed by atoms with Crippen LogP contribution < -0.4 is 9.47 Å². The van der Waals surface area contributed by atoms with E-state index in [9.17, 15) is 0 Å². The first-order chi connectivity index (χ1) is 8.24. The third-order valence-corrected chi connectivity index (χ3v) is 2.84. The van der Waals surface area contributed by atoms with Crippen LogP contribution in [0.25, 0.3) is 0 Å². The molecule has 3 heteroatoms. The molecule has 0 saturated carbocycles. The lowest BCUT2D eigenvalue weighted by Crippen LogP contribution is -2.23. The van der Waals surface area contributed by atoms with E-state index in [1.54, 1.807) is 14.2 Å². The molecule has 0 aliphatic heterocycles. The molecule has 0 saturated heterocycles. The molecule has 0 fully saturated rings. The summed E-state index contributed by atoms with van der Waals surface area (Å²) in [4.78, 5) is 2.42. The third-order valence-electron chi connectivity index (χ3n) is 2.84. The quantitative estimate of drug-likeness (QED) is 0.728. The summed E-state index contributed by atoms with van der Waals surface area (Å²) in [5.41, 5.74) is 1.26. The van der Waals surface area contributed by atoms with Crippen molar-refractivity contribution in [2.45, 2.75) is 26.8 Å². The molecule has 1 aromatic rings. The number of nitrogens with zero attached hydrogens (tertiary/aromatic N) is 1. The zero-order valence-corrected chi connectivity index (χ0v) is 11.3. The fourth-order valence-corrected chi connectivity index (χ4v) is 1.90. The highest BCUT2D eigenvalue weighted by Gasteiger charge is 2.07. The molecule has 1 rings (SSSR count). The molecule has 0 amide bonds. The van der Waals surface area contributed by atoms with Gasteiger partial charge in [0, 0.05) is 6.54 Å². The van der Waals surface area contributed by atoms with Crippen LogP contribution in [0, 0.1) is 0 Å². The van der Waals surface area contributed by atoms with E-state index in [0.717, 1.165) is 31.1 Å². The minimum atomic E-state index is 0.787. The van der Waals surface area contributed by atoms with Crippen molar-refractivity contribution in [3.63, 3.8) is 0 Å². The summed E-state index contributed by atoms with van der Waals surface area (Å²) < 4.78 is 10.5. The Balaban J connectivity index is 2.77. The maximum atomic E-state index is 5.31. The standard InChI is InChI=1S/C14H23NO2/c1-5-9-15(6-2)11-12-7-8-13(16-3)14(10-12)17-4/h7-8,10H,5-6,9,11H2,1-4H3.